The van der Waals surface area contributed by atoms with E-state index in [1.807, 2.05) is 0 Å². The minimum atomic E-state index is 0.318. The molecule has 0 aromatic rings. The van der Waals surface area contributed by atoms with Crippen LogP contribution < -0.4 is 0 Å². The van der Waals surface area contributed by atoms with Crippen molar-refractivity contribution in [3.8, 4) is 0 Å². The molecule has 12 heavy (non-hydrogen) atoms. The zero-order valence-corrected chi connectivity index (χ0v) is 8.70. The van der Waals surface area contributed by atoms with Crippen LogP contribution in [0.3, 0.4) is 0 Å². The monoisotopic (exact) mass is 185 g/mol. The lowest BCUT2D eigenvalue weighted by atomic mass is 9.84. The molecule has 0 spiro atoms. The lowest BCUT2D eigenvalue weighted by Gasteiger charge is -2.21. The first-order chi connectivity index (χ1) is 5.59. The molecule has 2 aliphatic rings. The first-order valence-corrected chi connectivity index (χ1v) is 5.08. The smallest absolute Gasteiger partial charge is 0.114 e. The van der Waals surface area contributed by atoms with E-state index < -0.39 is 0 Å². The van der Waals surface area contributed by atoms with Gasteiger partial charge in [0.1, 0.15) is 12.2 Å². The number of nitrogens with zero attached hydrogens (tertiary/aromatic N) is 1. The Morgan fingerprint density at radius 2 is 2.17 bits per heavy atom. The van der Waals surface area contributed by atoms with E-state index in [0.29, 0.717) is 5.41 Å². The molecule has 0 aliphatic carbocycles. The molecule has 0 aromatic carbocycles. The Bertz CT molecular complexity index is 229. The van der Waals surface area contributed by atoms with E-state index in [9.17, 15) is 0 Å². The summed E-state index contributed by atoms with van der Waals surface area (Å²) in [6, 6.07) is 0. The van der Waals surface area contributed by atoms with Crippen LogP contribution in [0.2, 0.25) is 0 Å². The Hall–Kier alpha value is -0.150. The van der Waals surface area contributed by atoms with E-state index >= 15 is 0 Å². The minimum absolute atomic E-state index is 0.318. The van der Waals surface area contributed by atoms with Crippen molar-refractivity contribution in [1.82, 2.24) is 4.31 Å². The maximum Gasteiger partial charge on any atom is 0.114 e. The number of fused-ring (bicyclic) bond motifs is 1. The summed E-state index contributed by atoms with van der Waals surface area (Å²) < 4.78 is 7.60. The van der Waals surface area contributed by atoms with Gasteiger partial charge in [0.15, 0.2) is 0 Å². The summed E-state index contributed by atoms with van der Waals surface area (Å²) in [6.07, 6.45) is 1.10. The quantitative estimate of drug-likeness (QED) is 0.327. The maximum atomic E-state index is 5.37. The summed E-state index contributed by atoms with van der Waals surface area (Å²) >= 11 is 1.51. The van der Waals surface area contributed by atoms with Gasteiger partial charge in [-0.1, -0.05) is 20.8 Å². The van der Waals surface area contributed by atoms with Gasteiger partial charge in [-0.05, 0) is 17.4 Å². The van der Waals surface area contributed by atoms with Crippen LogP contribution >= 0.6 is 12.2 Å². The average molecular weight is 185 g/mol. The second kappa shape index (κ2) is 2.67. The van der Waals surface area contributed by atoms with E-state index in [0.717, 1.165) is 19.6 Å². The highest BCUT2D eigenvalue weighted by Crippen LogP contribution is 2.44. The van der Waals surface area contributed by atoms with Crippen LogP contribution in [0.5, 0.6) is 0 Å². The van der Waals surface area contributed by atoms with E-state index in [-0.39, 0.29) is 0 Å². The fraction of sp³-hybridized carbons (Fsp3) is 0.778. The van der Waals surface area contributed by atoms with Crippen LogP contribution in [-0.2, 0) is 4.18 Å². The summed E-state index contributed by atoms with van der Waals surface area (Å²) in [5, 5.41) is 0. The molecule has 0 amide bonds. The van der Waals surface area contributed by atoms with Crippen molar-refractivity contribution in [3.63, 3.8) is 0 Å². The SMILES string of the molecule is CC(C)(C)C1=C2CN2SOCC1. The Kier molecular flexibility index (Phi) is 1.88. The van der Waals surface area contributed by atoms with Crippen LogP contribution in [0.25, 0.3) is 0 Å². The highest BCUT2D eigenvalue weighted by molar-refractivity contribution is 7.92. The predicted octanol–water partition coefficient (Wildman–Crippen LogP) is 2.59. The van der Waals surface area contributed by atoms with Crippen LogP contribution in [0.4, 0.5) is 0 Å². The summed E-state index contributed by atoms with van der Waals surface area (Å²) in [5.41, 5.74) is 3.40. The highest BCUT2D eigenvalue weighted by Gasteiger charge is 2.36. The van der Waals surface area contributed by atoms with Gasteiger partial charge >= 0.3 is 0 Å². The van der Waals surface area contributed by atoms with Gasteiger partial charge in [0.05, 0.1) is 13.2 Å². The lowest BCUT2D eigenvalue weighted by Crippen LogP contribution is -2.11. The third-order valence-electron chi connectivity index (χ3n) is 2.32. The molecule has 2 aliphatic heterocycles. The molecule has 0 atom stereocenters. The molecule has 0 saturated carbocycles. The van der Waals surface area contributed by atoms with Gasteiger partial charge in [-0.25, -0.2) is 0 Å². The second-order valence-corrected chi connectivity index (χ2v) is 5.18. The molecule has 68 valence electrons. The normalized spacial score (nSPS) is 23.8. The zero-order valence-electron chi connectivity index (χ0n) is 7.89. The summed E-state index contributed by atoms with van der Waals surface area (Å²) in [4.78, 5) is 0. The zero-order chi connectivity index (χ0) is 8.77. The third kappa shape index (κ3) is 1.48. The van der Waals surface area contributed by atoms with Gasteiger partial charge < -0.3 is 0 Å². The molecule has 0 N–H and O–H groups in total. The van der Waals surface area contributed by atoms with E-state index in [2.05, 4.69) is 25.1 Å². The fourth-order valence-corrected chi connectivity index (χ4v) is 2.28. The molecule has 1 fully saturated rings. The van der Waals surface area contributed by atoms with Gasteiger partial charge in [-0.2, -0.15) is 0 Å². The van der Waals surface area contributed by atoms with Crippen LogP contribution in [0.15, 0.2) is 11.3 Å². The highest BCUT2D eigenvalue weighted by atomic mass is 32.2. The largest absolute Gasteiger partial charge is 0.296 e. The van der Waals surface area contributed by atoms with Crippen LogP contribution in [0, 0.1) is 5.41 Å². The summed E-state index contributed by atoms with van der Waals surface area (Å²) in [5.74, 6) is 0. The van der Waals surface area contributed by atoms with Gasteiger partial charge in [-0.15, -0.1) is 0 Å². The molecule has 0 unspecified atom stereocenters. The van der Waals surface area contributed by atoms with Gasteiger partial charge in [-0.3, -0.25) is 8.49 Å². The van der Waals surface area contributed by atoms with Crippen molar-refractivity contribution < 1.29 is 4.18 Å². The van der Waals surface area contributed by atoms with E-state index in [1.54, 1.807) is 5.57 Å². The molecule has 0 radical (unpaired) electrons. The van der Waals surface area contributed by atoms with Crippen molar-refractivity contribution >= 4 is 12.2 Å². The van der Waals surface area contributed by atoms with Crippen molar-refractivity contribution in [3.05, 3.63) is 11.3 Å². The standard InChI is InChI=1S/C9H15NOS/c1-9(2,3)7-4-5-11-12-10-6-8(7)10/h4-6H2,1-3H3. The minimum Gasteiger partial charge on any atom is -0.296 e. The van der Waals surface area contributed by atoms with Crippen LogP contribution in [-0.4, -0.2) is 17.5 Å². The molecular formula is C9H15NOS. The number of hydrogen-bond donors (Lipinski definition) is 0. The summed E-state index contributed by atoms with van der Waals surface area (Å²) in [7, 11) is 0. The molecule has 0 bridgehead atoms. The third-order valence-corrected chi connectivity index (χ3v) is 3.12. The molecule has 2 heterocycles. The van der Waals surface area contributed by atoms with Crippen LogP contribution in [0.1, 0.15) is 27.2 Å². The fourth-order valence-electron chi connectivity index (χ4n) is 1.61. The van der Waals surface area contributed by atoms with Crippen molar-refractivity contribution in [1.29, 1.82) is 0 Å². The lowest BCUT2D eigenvalue weighted by molar-refractivity contribution is 0.355. The molecule has 1 saturated heterocycles. The maximum absolute atomic E-state index is 5.37. The number of rotatable bonds is 0. The van der Waals surface area contributed by atoms with Gasteiger partial charge in [0.25, 0.3) is 0 Å². The Morgan fingerprint density at radius 3 is 2.83 bits per heavy atom. The molecule has 0 aromatic heterocycles. The average Bonchev–Trinajstić information content (AvgIpc) is 2.57. The Morgan fingerprint density at radius 1 is 1.42 bits per heavy atom. The first-order valence-electron chi connectivity index (χ1n) is 4.38. The number of hydrogen-bond acceptors (Lipinski definition) is 3. The van der Waals surface area contributed by atoms with E-state index in [1.165, 1.54) is 17.9 Å². The topological polar surface area (TPSA) is 12.2 Å². The Balaban J connectivity index is 2.23. The van der Waals surface area contributed by atoms with Gasteiger partial charge in [0.2, 0.25) is 0 Å². The molecule has 2 nitrogen and oxygen atoms in total. The molecule has 3 heteroatoms. The second-order valence-electron chi connectivity index (χ2n) is 4.36. The predicted molar refractivity (Wildman–Crippen MR) is 51.3 cm³/mol. The molecule has 2 rings (SSSR count). The van der Waals surface area contributed by atoms with Crippen molar-refractivity contribution in [2.75, 3.05) is 13.2 Å². The van der Waals surface area contributed by atoms with Crippen molar-refractivity contribution in [2.45, 2.75) is 27.2 Å². The summed E-state index contributed by atoms with van der Waals surface area (Å²) in [6.45, 7) is 8.81. The van der Waals surface area contributed by atoms with E-state index in [4.69, 9.17) is 4.18 Å². The Labute approximate surface area is 78.3 Å². The molecular weight excluding hydrogens is 170 g/mol. The van der Waals surface area contributed by atoms with Crippen molar-refractivity contribution in [2.24, 2.45) is 5.41 Å². The van der Waals surface area contributed by atoms with Gasteiger partial charge in [0, 0.05) is 5.70 Å². The first kappa shape index (κ1) is 8.45.